The van der Waals surface area contributed by atoms with Gasteiger partial charge in [0.1, 0.15) is 5.84 Å². The van der Waals surface area contributed by atoms with Crippen molar-refractivity contribution >= 4 is 5.84 Å². The average molecular weight is 148 g/mol. The summed E-state index contributed by atoms with van der Waals surface area (Å²) in [5.74, 6) is -0.403. The van der Waals surface area contributed by atoms with Crippen molar-refractivity contribution < 1.29 is 15.3 Å². The normalized spacial score (nSPS) is 11.5. The summed E-state index contributed by atoms with van der Waals surface area (Å²) in [6, 6.07) is 0. The van der Waals surface area contributed by atoms with Crippen LogP contribution in [-0.2, 0) is 0 Å². The van der Waals surface area contributed by atoms with E-state index in [1.54, 1.807) is 0 Å². The zero-order chi connectivity index (χ0) is 8.20. The molecule has 0 unspecified atom stereocenters. The van der Waals surface area contributed by atoms with E-state index in [9.17, 15) is 0 Å². The zero-order valence-corrected chi connectivity index (χ0v) is 5.54. The third-order valence-corrected chi connectivity index (χ3v) is 1.48. The van der Waals surface area contributed by atoms with Crippen LogP contribution in [0.4, 0.5) is 0 Å². The number of hydrogen-bond acceptors (Lipinski definition) is 4. The Morgan fingerprint density at radius 2 is 1.50 bits per heavy atom. The summed E-state index contributed by atoms with van der Waals surface area (Å²) in [7, 11) is 0. The Morgan fingerprint density at radius 3 is 1.50 bits per heavy atom. The van der Waals surface area contributed by atoms with Crippen LogP contribution in [0.15, 0.2) is 0 Å². The summed E-state index contributed by atoms with van der Waals surface area (Å²) in [5.41, 5.74) is 3.66. The number of aliphatic hydroxyl groups is 3. The maximum Gasteiger partial charge on any atom is 0.104 e. The average Bonchev–Trinajstić information content (AvgIpc) is 1.92. The zero-order valence-electron chi connectivity index (χ0n) is 5.54. The smallest absolute Gasteiger partial charge is 0.104 e. The lowest BCUT2D eigenvalue weighted by molar-refractivity contribution is 0.0549. The largest absolute Gasteiger partial charge is 0.395 e. The molecule has 0 saturated heterocycles. The quantitative estimate of drug-likeness (QED) is 0.232. The molecule has 6 N–H and O–H groups in total. The van der Waals surface area contributed by atoms with Crippen LogP contribution in [-0.4, -0.2) is 41.0 Å². The summed E-state index contributed by atoms with van der Waals surface area (Å²) in [5, 5.41) is 32.7. The molecule has 0 radical (unpaired) electrons. The highest BCUT2D eigenvalue weighted by Gasteiger charge is 2.31. The molecule has 0 atom stereocenters. The molecule has 0 rings (SSSR count). The molecular weight excluding hydrogens is 136 g/mol. The van der Waals surface area contributed by atoms with Gasteiger partial charge in [-0.05, 0) is 0 Å². The van der Waals surface area contributed by atoms with Gasteiger partial charge in [-0.1, -0.05) is 0 Å². The third kappa shape index (κ3) is 1.44. The molecule has 0 aromatic heterocycles. The van der Waals surface area contributed by atoms with Crippen LogP contribution in [0.25, 0.3) is 0 Å². The predicted molar refractivity (Wildman–Crippen MR) is 35.6 cm³/mol. The van der Waals surface area contributed by atoms with Gasteiger partial charge in [0.25, 0.3) is 0 Å². The molecule has 5 nitrogen and oxygen atoms in total. The van der Waals surface area contributed by atoms with Gasteiger partial charge in [-0.3, -0.25) is 5.41 Å². The minimum absolute atomic E-state index is 0.403. The Balaban J connectivity index is 4.31. The van der Waals surface area contributed by atoms with E-state index >= 15 is 0 Å². The van der Waals surface area contributed by atoms with Gasteiger partial charge in [-0.2, -0.15) is 0 Å². The van der Waals surface area contributed by atoms with Crippen LogP contribution in [0, 0.1) is 10.8 Å². The second-order valence-electron chi connectivity index (χ2n) is 2.17. The first-order valence-corrected chi connectivity index (χ1v) is 2.80. The minimum Gasteiger partial charge on any atom is -0.395 e. The van der Waals surface area contributed by atoms with Crippen LogP contribution in [0.3, 0.4) is 0 Å². The Hall–Kier alpha value is -0.650. The molecule has 5 heteroatoms. The number of amidine groups is 1. The Kier molecular flexibility index (Phi) is 3.27. The van der Waals surface area contributed by atoms with Crippen molar-refractivity contribution in [3.8, 4) is 0 Å². The summed E-state index contributed by atoms with van der Waals surface area (Å²) in [6.45, 7) is -1.56. The second-order valence-corrected chi connectivity index (χ2v) is 2.17. The highest BCUT2D eigenvalue weighted by atomic mass is 16.3. The maximum absolute atomic E-state index is 8.61. The molecular formula is C5H12N2O3. The fraction of sp³-hybridized carbons (Fsp3) is 0.800. The molecule has 0 aliphatic heterocycles. The summed E-state index contributed by atoms with van der Waals surface area (Å²) < 4.78 is 0. The van der Waals surface area contributed by atoms with Crippen molar-refractivity contribution in [3.63, 3.8) is 0 Å². The van der Waals surface area contributed by atoms with Gasteiger partial charge in [0, 0.05) is 0 Å². The Morgan fingerprint density at radius 1 is 1.20 bits per heavy atom. The Bertz CT molecular complexity index is 114. The van der Waals surface area contributed by atoms with Crippen LogP contribution >= 0.6 is 0 Å². The van der Waals surface area contributed by atoms with Gasteiger partial charge in [-0.25, -0.2) is 0 Å². The molecule has 0 aromatic carbocycles. The summed E-state index contributed by atoms with van der Waals surface area (Å²) >= 11 is 0. The monoisotopic (exact) mass is 148 g/mol. The van der Waals surface area contributed by atoms with E-state index in [2.05, 4.69) is 0 Å². The van der Waals surface area contributed by atoms with Crippen molar-refractivity contribution in [1.29, 1.82) is 5.41 Å². The van der Waals surface area contributed by atoms with Crippen LogP contribution in [0.2, 0.25) is 0 Å². The van der Waals surface area contributed by atoms with Crippen molar-refractivity contribution in [1.82, 2.24) is 0 Å². The molecule has 60 valence electrons. The molecule has 0 bridgehead atoms. The first kappa shape index (κ1) is 9.35. The van der Waals surface area contributed by atoms with Crippen LogP contribution < -0.4 is 5.73 Å². The number of nitrogens with one attached hydrogen (secondary N) is 1. The van der Waals surface area contributed by atoms with Crippen LogP contribution in [0.1, 0.15) is 0 Å². The first-order valence-electron chi connectivity index (χ1n) is 2.80. The maximum atomic E-state index is 8.61. The van der Waals surface area contributed by atoms with Crippen LogP contribution in [0.5, 0.6) is 0 Å². The fourth-order valence-corrected chi connectivity index (χ4v) is 0.406. The molecule has 0 aliphatic carbocycles. The highest BCUT2D eigenvalue weighted by Crippen LogP contribution is 2.12. The standard InChI is InChI=1S/C5H12N2O3/c6-4(7)5(1-8,2-9)3-10/h8-10H,1-3H2,(H3,6,7). The predicted octanol–water partition coefficient (Wildman–Crippen LogP) is -2.11. The van der Waals surface area contributed by atoms with Gasteiger partial charge < -0.3 is 21.1 Å². The SMILES string of the molecule is N=C(N)C(CO)(CO)CO. The molecule has 10 heavy (non-hydrogen) atoms. The van der Waals surface area contributed by atoms with E-state index in [1.807, 2.05) is 0 Å². The highest BCUT2D eigenvalue weighted by molar-refractivity contribution is 5.84. The van der Waals surface area contributed by atoms with Gasteiger partial charge in [-0.15, -0.1) is 0 Å². The van der Waals surface area contributed by atoms with Gasteiger partial charge >= 0.3 is 0 Å². The lowest BCUT2D eigenvalue weighted by atomic mass is 9.90. The van der Waals surface area contributed by atoms with E-state index < -0.39 is 31.1 Å². The number of nitrogens with two attached hydrogens (primary N) is 1. The third-order valence-electron chi connectivity index (χ3n) is 1.48. The fourth-order valence-electron chi connectivity index (χ4n) is 0.406. The van der Waals surface area contributed by atoms with Gasteiger partial charge in [0.2, 0.25) is 0 Å². The molecule has 0 aliphatic rings. The lowest BCUT2D eigenvalue weighted by Gasteiger charge is -2.24. The molecule has 0 fully saturated rings. The van der Waals surface area contributed by atoms with Crippen molar-refractivity contribution in [2.24, 2.45) is 11.1 Å². The topological polar surface area (TPSA) is 111 Å². The minimum atomic E-state index is -1.35. The number of hydrogen-bond donors (Lipinski definition) is 5. The first-order chi connectivity index (χ1) is 4.63. The number of aliphatic hydroxyl groups excluding tert-OH is 3. The van der Waals surface area contributed by atoms with E-state index in [1.165, 1.54) is 0 Å². The van der Waals surface area contributed by atoms with E-state index in [4.69, 9.17) is 26.5 Å². The van der Waals surface area contributed by atoms with E-state index in [0.29, 0.717) is 0 Å². The Labute approximate surface area is 58.6 Å². The second kappa shape index (κ2) is 3.50. The molecule has 0 aromatic rings. The molecule has 0 heterocycles. The van der Waals surface area contributed by atoms with Gasteiger partial charge in [0.15, 0.2) is 0 Å². The molecule has 0 amide bonds. The van der Waals surface area contributed by atoms with E-state index in [-0.39, 0.29) is 0 Å². The van der Waals surface area contributed by atoms with Crippen molar-refractivity contribution in [2.45, 2.75) is 0 Å². The van der Waals surface area contributed by atoms with Gasteiger partial charge in [0.05, 0.1) is 25.2 Å². The lowest BCUT2D eigenvalue weighted by Crippen LogP contribution is -2.45. The van der Waals surface area contributed by atoms with Crippen molar-refractivity contribution in [2.75, 3.05) is 19.8 Å². The van der Waals surface area contributed by atoms with Crippen molar-refractivity contribution in [3.05, 3.63) is 0 Å². The molecule has 0 spiro atoms. The van der Waals surface area contributed by atoms with E-state index in [0.717, 1.165) is 0 Å². The summed E-state index contributed by atoms with van der Waals surface area (Å²) in [4.78, 5) is 0. The molecule has 0 saturated carbocycles. The summed E-state index contributed by atoms with van der Waals surface area (Å²) in [6.07, 6.45) is 0. The number of rotatable bonds is 4.